The Hall–Kier alpha value is -3.97. The number of carbonyl (C=O) groups excluding carboxylic acids is 3. The molecule has 11 nitrogen and oxygen atoms in total. The molecule has 42 heavy (non-hydrogen) atoms. The molecule has 0 radical (unpaired) electrons. The molecule has 13 heteroatoms. The Kier molecular flexibility index (Phi) is 9.52. The number of sulfonamides is 1. The number of nitrogens with zero attached hydrogens (tertiary/aromatic N) is 1. The van der Waals surface area contributed by atoms with Crippen LogP contribution >= 0.6 is 0 Å². The molecular weight excluding hydrogens is 569 g/mol. The van der Waals surface area contributed by atoms with Gasteiger partial charge in [-0.25, -0.2) is 12.8 Å². The Morgan fingerprint density at radius 1 is 1.12 bits per heavy atom. The van der Waals surface area contributed by atoms with Crippen molar-refractivity contribution < 1.29 is 41.1 Å². The first-order chi connectivity index (χ1) is 19.9. The largest absolute Gasteiger partial charge is 0.493 e. The zero-order valence-corrected chi connectivity index (χ0v) is 24.6. The van der Waals surface area contributed by atoms with Gasteiger partial charge in [0, 0.05) is 18.0 Å². The standard InChI is InChI=1S/C29H34FN3O8S/c1-17(2)12-21(32-29(36)26-14-18-13-24(39-3)25(40-4)15-23(18)41-26)28(35)31-20-9-7-11-33(16-22(20)34)42(37,38)27-10-6-5-8-19(27)30/h5-6,8,10,13-15,17,20-21H,7,9,11-12,16H2,1-4H3,(H,31,35)(H,32,36)/t20?,21-/m0/s1. The molecular formula is C29H34FN3O8S. The van der Waals surface area contributed by atoms with Gasteiger partial charge in [0.1, 0.15) is 22.3 Å². The van der Waals surface area contributed by atoms with Gasteiger partial charge in [0.15, 0.2) is 23.0 Å². The molecule has 2 aromatic carbocycles. The zero-order valence-electron chi connectivity index (χ0n) is 23.8. The molecule has 0 bridgehead atoms. The summed E-state index contributed by atoms with van der Waals surface area (Å²) >= 11 is 0. The van der Waals surface area contributed by atoms with E-state index in [0.717, 1.165) is 16.4 Å². The van der Waals surface area contributed by atoms with E-state index in [4.69, 9.17) is 13.9 Å². The first-order valence-corrected chi connectivity index (χ1v) is 14.9. The number of benzene rings is 2. The van der Waals surface area contributed by atoms with Crippen molar-refractivity contribution in [2.24, 2.45) is 5.92 Å². The van der Waals surface area contributed by atoms with Gasteiger partial charge in [-0.2, -0.15) is 4.31 Å². The van der Waals surface area contributed by atoms with Crippen molar-refractivity contribution in [2.45, 2.75) is 50.1 Å². The average molecular weight is 604 g/mol. The van der Waals surface area contributed by atoms with Gasteiger partial charge in [-0.1, -0.05) is 26.0 Å². The van der Waals surface area contributed by atoms with Crippen molar-refractivity contribution >= 4 is 38.6 Å². The predicted octanol–water partition coefficient (Wildman–Crippen LogP) is 3.27. The van der Waals surface area contributed by atoms with Crippen molar-refractivity contribution in [3.8, 4) is 11.5 Å². The number of ketones is 1. The van der Waals surface area contributed by atoms with Crippen LogP contribution in [0, 0.1) is 11.7 Å². The summed E-state index contributed by atoms with van der Waals surface area (Å²) in [6.07, 6.45) is 0.717. The number of furan rings is 1. The molecule has 0 spiro atoms. The molecule has 2 heterocycles. The number of hydrogen-bond donors (Lipinski definition) is 2. The quantitative estimate of drug-likeness (QED) is 0.359. The Labute approximate surface area is 243 Å². The molecule has 1 aliphatic heterocycles. The van der Waals surface area contributed by atoms with Crippen molar-refractivity contribution in [1.82, 2.24) is 14.9 Å². The fourth-order valence-corrected chi connectivity index (χ4v) is 6.34. The molecule has 1 aliphatic rings. The van der Waals surface area contributed by atoms with Crippen LogP contribution in [0.5, 0.6) is 11.5 Å². The SMILES string of the molecule is COc1cc2cc(C(=O)N[C@@H](CC(C)C)C(=O)NC3CCCN(S(=O)(=O)c4ccccc4F)CC3=O)oc2cc1OC. The Morgan fingerprint density at radius 2 is 1.81 bits per heavy atom. The van der Waals surface area contributed by atoms with Gasteiger partial charge in [-0.3, -0.25) is 14.4 Å². The number of halogens is 1. The van der Waals surface area contributed by atoms with Crippen LogP contribution in [0.3, 0.4) is 0 Å². The number of ether oxygens (including phenoxy) is 2. The number of Topliss-reactive ketones (excluding diaryl/α,β-unsaturated/α-hetero) is 1. The fourth-order valence-electron chi connectivity index (χ4n) is 4.83. The summed E-state index contributed by atoms with van der Waals surface area (Å²) in [4.78, 5) is 39.0. The van der Waals surface area contributed by atoms with Crippen molar-refractivity contribution in [3.05, 3.63) is 54.0 Å². The van der Waals surface area contributed by atoms with Gasteiger partial charge in [-0.15, -0.1) is 0 Å². The molecule has 3 aromatic rings. The molecule has 1 fully saturated rings. The third-order valence-corrected chi connectivity index (χ3v) is 8.85. The molecule has 226 valence electrons. The normalized spacial score (nSPS) is 17.1. The van der Waals surface area contributed by atoms with E-state index in [1.807, 2.05) is 13.8 Å². The van der Waals surface area contributed by atoms with Gasteiger partial charge in [-0.05, 0) is 49.4 Å². The van der Waals surface area contributed by atoms with Crippen LogP contribution in [0.15, 0.2) is 51.8 Å². The number of methoxy groups -OCH3 is 2. The summed E-state index contributed by atoms with van der Waals surface area (Å²) in [7, 11) is -1.29. The third kappa shape index (κ3) is 6.73. The summed E-state index contributed by atoms with van der Waals surface area (Å²) in [5, 5.41) is 5.98. The molecule has 4 rings (SSSR count). The fraction of sp³-hybridized carbons (Fsp3) is 0.414. The minimum atomic E-state index is -4.26. The Balaban J connectivity index is 1.47. The lowest BCUT2D eigenvalue weighted by Crippen LogP contribution is -2.52. The van der Waals surface area contributed by atoms with Crippen LogP contribution < -0.4 is 20.1 Å². The highest BCUT2D eigenvalue weighted by molar-refractivity contribution is 7.89. The van der Waals surface area contributed by atoms with E-state index < -0.39 is 57.0 Å². The Bertz CT molecular complexity index is 1550. The van der Waals surface area contributed by atoms with Crippen LogP contribution in [-0.2, 0) is 19.6 Å². The van der Waals surface area contributed by atoms with Crippen molar-refractivity contribution in [1.29, 1.82) is 0 Å². The van der Waals surface area contributed by atoms with Crippen LogP contribution in [0.2, 0.25) is 0 Å². The number of nitrogens with one attached hydrogen (secondary N) is 2. The molecule has 0 saturated carbocycles. The van der Waals surface area contributed by atoms with E-state index in [1.165, 1.54) is 32.4 Å². The molecule has 1 unspecified atom stereocenters. The maximum Gasteiger partial charge on any atom is 0.287 e. The molecule has 1 saturated heterocycles. The number of amides is 2. The van der Waals surface area contributed by atoms with Gasteiger partial charge in [0.05, 0.1) is 26.8 Å². The second-order valence-corrected chi connectivity index (χ2v) is 12.4. The predicted molar refractivity (Wildman–Crippen MR) is 151 cm³/mol. The lowest BCUT2D eigenvalue weighted by molar-refractivity contribution is -0.129. The average Bonchev–Trinajstić information content (AvgIpc) is 3.28. The third-order valence-electron chi connectivity index (χ3n) is 6.97. The number of fused-ring (bicyclic) bond motifs is 1. The van der Waals surface area contributed by atoms with Crippen LogP contribution in [-0.4, -0.2) is 69.7 Å². The highest BCUT2D eigenvalue weighted by atomic mass is 32.2. The van der Waals surface area contributed by atoms with E-state index in [0.29, 0.717) is 22.5 Å². The first kappa shape index (κ1) is 31.0. The van der Waals surface area contributed by atoms with Crippen LogP contribution in [0.1, 0.15) is 43.7 Å². The second-order valence-electron chi connectivity index (χ2n) is 10.4. The molecule has 0 aliphatic carbocycles. The summed E-state index contributed by atoms with van der Waals surface area (Å²) in [6.45, 7) is 3.24. The molecule has 2 N–H and O–H groups in total. The monoisotopic (exact) mass is 603 g/mol. The van der Waals surface area contributed by atoms with Crippen molar-refractivity contribution in [2.75, 3.05) is 27.3 Å². The summed E-state index contributed by atoms with van der Waals surface area (Å²) < 4.78 is 57.5. The van der Waals surface area contributed by atoms with E-state index in [9.17, 15) is 27.2 Å². The van der Waals surface area contributed by atoms with E-state index >= 15 is 0 Å². The molecule has 2 amide bonds. The second kappa shape index (κ2) is 12.9. The summed E-state index contributed by atoms with van der Waals surface area (Å²) in [6, 6.07) is 7.78. The van der Waals surface area contributed by atoms with Crippen LogP contribution in [0.4, 0.5) is 4.39 Å². The van der Waals surface area contributed by atoms with Gasteiger partial charge in [0.2, 0.25) is 15.9 Å². The van der Waals surface area contributed by atoms with Crippen LogP contribution in [0.25, 0.3) is 11.0 Å². The minimum absolute atomic E-state index is 0.0106. The lowest BCUT2D eigenvalue weighted by atomic mass is 10.0. The highest BCUT2D eigenvalue weighted by Crippen LogP contribution is 2.33. The maximum atomic E-state index is 14.2. The Morgan fingerprint density at radius 3 is 2.48 bits per heavy atom. The van der Waals surface area contributed by atoms with E-state index in [1.54, 1.807) is 12.1 Å². The summed E-state index contributed by atoms with van der Waals surface area (Å²) in [5.41, 5.74) is 0.390. The number of hydrogen-bond acceptors (Lipinski definition) is 8. The lowest BCUT2D eigenvalue weighted by Gasteiger charge is -2.23. The molecule has 2 atom stereocenters. The number of rotatable bonds is 10. The summed E-state index contributed by atoms with van der Waals surface area (Å²) in [5.74, 6) is -1.78. The molecule has 1 aromatic heterocycles. The van der Waals surface area contributed by atoms with Gasteiger partial charge in [0.25, 0.3) is 5.91 Å². The highest BCUT2D eigenvalue weighted by Gasteiger charge is 2.35. The topological polar surface area (TPSA) is 144 Å². The number of carbonyl (C=O) groups is 3. The zero-order chi connectivity index (χ0) is 30.6. The van der Waals surface area contributed by atoms with Gasteiger partial charge < -0.3 is 24.5 Å². The first-order valence-electron chi connectivity index (χ1n) is 13.5. The minimum Gasteiger partial charge on any atom is -0.493 e. The van der Waals surface area contributed by atoms with Gasteiger partial charge >= 0.3 is 0 Å². The van der Waals surface area contributed by atoms with E-state index in [-0.39, 0.29) is 37.5 Å². The smallest absolute Gasteiger partial charge is 0.287 e. The van der Waals surface area contributed by atoms with Crippen molar-refractivity contribution in [3.63, 3.8) is 0 Å². The van der Waals surface area contributed by atoms with E-state index in [2.05, 4.69) is 10.6 Å². The maximum absolute atomic E-state index is 14.2.